The van der Waals surface area contributed by atoms with Crippen LogP contribution in [0.3, 0.4) is 0 Å². The van der Waals surface area contributed by atoms with Gasteiger partial charge in [-0.3, -0.25) is 14.8 Å². The van der Waals surface area contributed by atoms with Crippen molar-refractivity contribution in [3.8, 4) is 0 Å². The van der Waals surface area contributed by atoms with Crippen LogP contribution in [-0.2, 0) is 13.1 Å². The highest BCUT2D eigenvalue weighted by Gasteiger charge is 2.12. The van der Waals surface area contributed by atoms with E-state index in [1.54, 1.807) is 6.07 Å². The van der Waals surface area contributed by atoms with Gasteiger partial charge in [0.2, 0.25) is 5.96 Å². The molecule has 2 aromatic carbocycles. The number of hydrogen-bond acceptors (Lipinski definition) is 4. The molecule has 0 aliphatic carbocycles. The Morgan fingerprint density at radius 1 is 1.12 bits per heavy atom. The number of benzene rings is 2. The van der Waals surface area contributed by atoms with Crippen LogP contribution in [0.5, 0.6) is 0 Å². The summed E-state index contributed by atoms with van der Waals surface area (Å²) in [7, 11) is 3.90. The average Bonchev–Trinajstić information content (AvgIpc) is 3.11. The van der Waals surface area contributed by atoms with Crippen molar-refractivity contribution in [1.82, 2.24) is 15.1 Å². The predicted octanol–water partition coefficient (Wildman–Crippen LogP) is 4.37. The molecule has 0 unspecified atom stereocenters. The molecule has 0 aliphatic heterocycles. The largest absolute Gasteiger partial charge is 0.378 e. The number of hydrogen-bond donors (Lipinski definition) is 2. The Labute approximate surface area is 190 Å². The third-order valence-electron chi connectivity index (χ3n) is 5.05. The van der Waals surface area contributed by atoms with Gasteiger partial charge in [0.1, 0.15) is 0 Å². The second-order valence-corrected chi connectivity index (χ2v) is 8.06. The zero-order valence-corrected chi connectivity index (χ0v) is 19.5. The van der Waals surface area contributed by atoms with E-state index in [4.69, 9.17) is 0 Å². The van der Waals surface area contributed by atoms with Gasteiger partial charge in [-0.25, -0.2) is 4.99 Å². The van der Waals surface area contributed by atoms with Crippen molar-refractivity contribution < 1.29 is 4.79 Å². The first-order chi connectivity index (χ1) is 15.4. The lowest BCUT2D eigenvalue weighted by Gasteiger charge is -2.15. The topological polar surface area (TPSA) is 74.6 Å². The van der Waals surface area contributed by atoms with Crippen molar-refractivity contribution in [3.05, 3.63) is 77.1 Å². The number of aryl methyl sites for hydroxylation is 3. The molecular formula is C25H32N6O. The summed E-state index contributed by atoms with van der Waals surface area (Å²) >= 11 is 0. The first-order valence-electron chi connectivity index (χ1n) is 10.9. The SMILES string of the molecule is CCCn1cc(CN=C(NC(=O)c2cccc(N(C)C)c2)Nc2cccc(C)c2)c(C)n1. The van der Waals surface area contributed by atoms with Crippen molar-refractivity contribution in [2.24, 2.45) is 4.99 Å². The maximum atomic E-state index is 13.0. The maximum Gasteiger partial charge on any atom is 0.258 e. The summed E-state index contributed by atoms with van der Waals surface area (Å²) in [6.45, 7) is 7.42. The molecule has 7 heteroatoms. The maximum absolute atomic E-state index is 13.0. The number of anilines is 2. The van der Waals surface area contributed by atoms with Crippen molar-refractivity contribution >= 4 is 23.2 Å². The van der Waals surface area contributed by atoms with Crippen LogP contribution in [0.25, 0.3) is 0 Å². The number of carbonyl (C=O) groups excluding carboxylic acids is 1. The van der Waals surface area contributed by atoms with Crippen molar-refractivity contribution in [1.29, 1.82) is 0 Å². The second-order valence-electron chi connectivity index (χ2n) is 8.06. The summed E-state index contributed by atoms with van der Waals surface area (Å²) in [5.74, 6) is 0.185. The molecule has 2 N–H and O–H groups in total. The van der Waals surface area contributed by atoms with E-state index in [0.29, 0.717) is 18.1 Å². The molecule has 168 valence electrons. The molecule has 1 aromatic heterocycles. The van der Waals surface area contributed by atoms with E-state index in [9.17, 15) is 4.79 Å². The predicted molar refractivity (Wildman–Crippen MR) is 131 cm³/mol. The van der Waals surface area contributed by atoms with E-state index in [2.05, 4.69) is 27.6 Å². The lowest BCUT2D eigenvalue weighted by Crippen LogP contribution is -2.36. The lowest BCUT2D eigenvalue weighted by atomic mass is 10.2. The number of aromatic nitrogens is 2. The minimum absolute atomic E-state index is 0.217. The molecule has 32 heavy (non-hydrogen) atoms. The third kappa shape index (κ3) is 6.20. The summed E-state index contributed by atoms with van der Waals surface area (Å²) in [6, 6.07) is 15.5. The fraction of sp³-hybridized carbons (Fsp3) is 0.320. The fourth-order valence-electron chi connectivity index (χ4n) is 3.30. The molecular weight excluding hydrogens is 400 g/mol. The van der Waals surface area contributed by atoms with Gasteiger partial charge in [-0.1, -0.05) is 25.1 Å². The minimum atomic E-state index is -0.217. The molecule has 1 amide bonds. The van der Waals surface area contributed by atoms with Crippen LogP contribution in [0.1, 0.15) is 40.5 Å². The van der Waals surface area contributed by atoms with Crippen LogP contribution in [0.2, 0.25) is 0 Å². The smallest absolute Gasteiger partial charge is 0.258 e. The number of nitrogens with one attached hydrogen (secondary N) is 2. The van der Waals surface area contributed by atoms with Crippen LogP contribution < -0.4 is 15.5 Å². The summed E-state index contributed by atoms with van der Waals surface area (Å²) in [5.41, 5.74) is 5.50. The van der Waals surface area contributed by atoms with E-state index in [1.807, 2.05) is 86.2 Å². The van der Waals surface area contributed by atoms with Gasteiger partial charge in [0.05, 0.1) is 12.2 Å². The van der Waals surface area contributed by atoms with Gasteiger partial charge >= 0.3 is 0 Å². The summed E-state index contributed by atoms with van der Waals surface area (Å²) in [5, 5.41) is 10.7. The highest BCUT2D eigenvalue weighted by Crippen LogP contribution is 2.14. The highest BCUT2D eigenvalue weighted by molar-refractivity contribution is 6.10. The van der Waals surface area contributed by atoms with Crippen LogP contribution in [0, 0.1) is 13.8 Å². The van der Waals surface area contributed by atoms with E-state index in [0.717, 1.165) is 41.2 Å². The van der Waals surface area contributed by atoms with Crippen LogP contribution in [0.4, 0.5) is 11.4 Å². The summed E-state index contributed by atoms with van der Waals surface area (Å²) in [6.07, 6.45) is 3.04. The van der Waals surface area contributed by atoms with Crippen LogP contribution >= 0.6 is 0 Å². The molecule has 0 atom stereocenters. The van der Waals surface area contributed by atoms with Gasteiger partial charge in [0, 0.05) is 49.3 Å². The van der Waals surface area contributed by atoms with Crippen molar-refractivity contribution in [2.75, 3.05) is 24.3 Å². The molecule has 0 radical (unpaired) electrons. The average molecular weight is 433 g/mol. The van der Waals surface area contributed by atoms with E-state index in [-0.39, 0.29) is 5.91 Å². The molecule has 0 fully saturated rings. The Hall–Kier alpha value is -3.61. The van der Waals surface area contributed by atoms with E-state index >= 15 is 0 Å². The standard InChI is InChI=1S/C25H32N6O/c1-6-13-31-17-21(19(3)29-31)16-26-25(27-22-11-7-9-18(2)14-22)28-24(32)20-10-8-12-23(15-20)30(4)5/h7-12,14-15,17H,6,13,16H2,1-5H3,(H2,26,27,28,32). The Morgan fingerprint density at radius 2 is 1.91 bits per heavy atom. The van der Waals surface area contributed by atoms with Crippen LogP contribution in [0.15, 0.2) is 59.7 Å². The Morgan fingerprint density at radius 3 is 2.62 bits per heavy atom. The molecule has 0 saturated carbocycles. The van der Waals surface area contributed by atoms with Crippen molar-refractivity contribution in [3.63, 3.8) is 0 Å². The second kappa shape index (κ2) is 10.6. The molecule has 0 spiro atoms. The number of nitrogens with zero attached hydrogens (tertiary/aromatic N) is 4. The Kier molecular flexibility index (Phi) is 7.65. The fourth-order valence-corrected chi connectivity index (χ4v) is 3.30. The monoisotopic (exact) mass is 432 g/mol. The Bertz CT molecular complexity index is 1100. The lowest BCUT2D eigenvalue weighted by molar-refractivity contribution is 0.0977. The quantitative estimate of drug-likeness (QED) is 0.429. The van der Waals surface area contributed by atoms with Crippen molar-refractivity contribution in [2.45, 2.75) is 40.3 Å². The molecule has 0 saturated heterocycles. The number of aliphatic imine (C=N–C) groups is 1. The minimum Gasteiger partial charge on any atom is -0.378 e. The zero-order chi connectivity index (χ0) is 23.1. The van der Waals surface area contributed by atoms with Gasteiger partial charge in [-0.15, -0.1) is 0 Å². The van der Waals surface area contributed by atoms with Gasteiger partial charge in [-0.2, -0.15) is 5.10 Å². The highest BCUT2D eigenvalue weighted by atomic mass is 16.1. The first kappa shape index (κ1) is 23.1. The summed E-state index contributed by atoms with van der Waals surface area (Å²) < 4.78 is 1.94. The molecule has 3 rings (SSSR count). The summed E-state index contributed by atoms with van der Waals surface area (Å²) in [4.78, 5) is 19.6. The first-order valence-corrected chi connectivity index (χ1v) is 10.9. The molecule has 7 nitrogen and oxygen atoms in total. The third-order valence-corrected chi connectivity index (χ3v) is 5.05. The molecule has 0 aliphatic rings. The molecule has 1 heterocycles. The Balaban J connectivity index is 1.84. The van der Waals surface area contributed by atoms with Gasteiger partial charge in [0.25, 0.3) is 5.91 Å². The normalized spacial score (nSPS) is 11.3. The van der Waals surface area contributed by atoms with Crippen LogP contribution in [-0.4, -0.2) is 35.7 Å². The molecule has 3 aromatic rings. The van der Waals surface area contributed by atoms with E-state index in [1.165, 1.54) is 0 Å². The number of guanidine groups is 1. The number of carbonyl (C=O) groups is 1. The van der Waals surface area contributed by atoms with Gasteiger partial charge in [0.15, 0.2) is 0 Å². The van der Waals surface area contributed by atoms with E-state index < -0.39 is 0 Å². The molecule has 0 bridgehead atoms. The van der Waals surface area contributed by atoms with Gasteiger partial charge < -0.3 is 10.2 Å². The zero-order valence-electron chi connectivity index (χ0n) is 19.5. The van der Waals surface area contributed by atoms with Gasteiger partial charge in [-0.05, 0) is 56.2 Å². The number of rotatable bonds is 7. The number of amides is 1.